The van der Waals surface area contributed by atoms with Gasteiger partial charge < -0.3 is 9.88 Å². The first-order valence-corrected chi connectivity index (χ1v) is 7.07. The van der Waals surface area contributed by atoms with E-state index in [9.17, 15) is 18.0 Å². The van der Waals surface area contributed by atoms with Crippen LogP contribution < -0.4 is 10.6 Å². The fraction of sp³-hybridized carbons (Fsp3) is 0.375. The molecule has 10 heteroatoms. The second-order valence-corrected chi connectivity index (χ2v) is 5.85. The Balaban J connectivity index is 2.85. The molecular weight excluding hydrogens is 284 g/mol. The van der Waals surface area contributed by atoms with Crippen molar-refractivity contribution in [2.75, 3.05) is 7.05 Å². The summed E-state index contributed by atoms with van der Waals surface area (Å²) >= 11 is 0. The summed E-state index contributed by atoms with van der Waals surface area (Å²) in [5.74, 6) is -0.606. The van der Waals surface area contributed by atoms with Gasteiger partial charge in [-0.15, -0.1) is 0 Å². The van der Waals surface area contributed by atoms with E-state index in [0.717, 1.165) is 12.5 Å². The van der Waals surface area contributed by atoms with Gasteiger partial charge in [-0.05, 0) is 6.92 Å². The van der Waals surface area contributed by atoms with E-state index >= 15 is 0 Å². The molecule has 2 N–H and O–H groups in total. The van der Waals surface area contributed by atoms with Crippen LogP contribution in [0.15, 0.2) is 17.6 Å². The summed E-state index contributed by atoms with van der Waals surface area (Å²) in [5, 5.41) is 3.92. The van der Waals surface area contributed by atoms with Crippen molar-refractivity contribution in [2.45, 2.75) is 18.0 Å². The first kappa shape index (κ1) is 14.5. The number of carbonyl (C=O) groups excluding carboxylic acids is 2. The van der Waals surface area contributed by atoms with Crippen molar-refractivity contribution in [3.05, 3.63) is 12.5 Å². The zero-order chi connectivity index (χ0) is 13.9. The second-order valence-electron chi connectivity index (χ2n) is 3.34. The number of amides is 3. The maximum atomic E-state index is 11.6. The van der Waals surface area contributed by atoms with Crippen molar-refractivity contribution >= 4 is 31.7 Å². The number of aromatic nitrogens is 2. The predicted molar refractivity (Wildman–Crippen MR) is 62.6 cm³/mol. The van der Waals surface area contributed by atoms with E-state index < -0.39 is 27.0 Å². The number of urea groups is 1. The molecule has 0 saturated heterocycles. The van der Waals surface area contributed by atoms with E-state index in [1.165, 1.54) is 18.5 Å². The van der Waals surface area contributed by atoms with Gasteiger partial charge in [-0.3, -0.25) is 10.1 Å². The largest absolute Gasteiger partial charge is 0.341 e. The quantitative estimate of drug-likeness (QED) is 0.752. The number of imide groups is 1. The highest BCUT2D eigenvalue weighted by molar-refractivity contribution is 8.13. The maximum Gasteiger partial charge on any atom is 0.321 e. The average molecular weight is 295 g/mol. The maximum absolute atomic E-state index is 11.6. The van der Waals surface area contributed by atoms with Gasteiger partial charge in [0.15, 0.2) is 5.03 Å². The van der Waals surface area contributed by atoms with Gasteiger partial charge in [0.25, 0.3) is 15.0 Å². The fourth-order valence-electron chi connectivity index (χ4n) is 1.07. The third kappa shape index (κ3) is 3.44. The minimum atomic E-state index is -3.94. The molecule has 1 aromatic rings. The van der Waals surface area contributed by atoms with Crippen molar-refractivity contribution in [2.24, 2.45) is 0 Å². The molecule has 1 atom stereocenters. The van der Waals surface area contributed by atoms with Crippen molar-refractivity contribution < 1.29 is 18.0 Å². The summed E-state index contributed by atoms with van der Waals surface area (Å²) < 4.78 is 23.2. The molecule has 0 fully saturated rings. The lowest BCUT2D eigenvalue weighted by molar-refractivity contribution is -0.122. The van der Waals surface area contributed by atoms with Crippen molar-refractivity contribution in [1.29, 1.82) is 0 Å². The van der Waals surface area contributed by atoms with E-state index in [0.29, 0.717) is 0 Å². The lowest BCUT2D eigenvalue weighted by Gasteiger charge is -2.11. The van der Waals surface area contributed by atoms with E-state index in [4.69, 9.17) is 10.7 Å². The normalized spacial score (nSPS) is 12.8. The van der Waals surface area contributed by atoms with Gasteiger partial charge in [-0.25, -0.2) is 18.2 Å². The van der Waals surface area contributed by atoms with Gasteiger partial charge in [0.1, 0.15) is 6.04 Å². The molecule has 1 rings (SSSR count). The summed E-state index contributed by atoms with van der Waals surface area (Å²) in [6.45, 7) is 1.48. The lowest BCUT2D eigenvalue weighted by atomic mass is 10.3. The zero-order valence-electron chi connectivity index (χ0n) is 9.55. The zero-order valence-corrected chi connectivity index (χ0v) is 11.1. The minimum Gasteiger partial charge on any atom is -0.341 e. The monoisotopic (exact) mass is 294 g/mol. The van der Waals surface area contributed by atoms with Crippen LogP contribution in [-0.4, -0.2) is 37.0 Å². The van der Waals surface area contributed by atoms with Crippen LogP contribution in [0, 0.1) is 0 Å². The molecule has 1 aromatic heterocycles. The number of nitrogens with one attached hydrogen (secondary N) is 2. The molecule has 100 valence electrons. The van der Waals surface area contributed by atoms with Gasteiger partial charge >= 0.3 is 6.03 Å². The van der Waals surface area contributed by atoms with Gasteiger partial charge in [0.05, 0.1) is 6.33 Å². The first-order chi connectivity index (χ1) is 8.25. The van der Waals surface area contributed by atoms with Crippen molar-refractivity contribution in [3.8, 4) is 0 Å². The molecule has 1 unspecified atom stereocenters. The highest BCUT2D eigenvalue weighted by Crippen LogP contribution is 2.14. The summed E-state index contributed by atoms with van der Waals surface area (Å²) in [6.07, 6.45) is 2.25. The van der Waals surface area contributed by atoms with Crippen LogP contribution in [0.2, 0.25) is 0 Å². The molecule has 0 radical (unpaired) electrons. The SMILES string of the molecule is CNC(=O)NC(=O)C(C)n1cnc(S(=O)(=O)Cl)c1. The number of imidazole rings is 1. The lowest BCUT2D eigenvalue weighted by Crippen LogP contribution is -2.40. The van der Waals surface area contributed by atoms with Crippen LogP contribution in [0.5, 0.6) is 0 Å². The number of hydrogen-bond acceptors (Lipinski definition) is 5. The van der Waals surface area contributed by atoms with Crippen molar-refractivity contribution in [3.63, 3.8) is 0 Å². The summed E-state index contributed by atoms with van der Waals surface area (Å²) in [5.41, 5.74) is 0. The number of carbonyl (C=O) groups is 2. The van der Waals surface area contributed by atoms with E-state index in [1.54, 1.807) is 0 Å². The number of halogens is 1. The first-order valence-electron chi connectivity index (χ1n) is 4.76. The molecule has 3 amide bonds. The Bertz CT molecular complexity index is 567. The molecule has 1 heterocycles. The van der Waals surface area contributed by atoms with E-state index in [-0.39, 0.29) is 5.03 Å². The molecule has 18 heavy (non-hydrogen) atoms. The molecule has 0 aliphatic rings. The van der Waals surface area contributed by atoms with E-state index in [1.807, 2.05) is 0 Å². The number of nitrogens with zero attached hydrogens (tertiary/aromatic N) is 2. The number of hydrogen-bond donors (Lipinski definition) is 2. The van der Waals surface area contributed by atoms with Crippen LogP contribution >= 0.6 is 10.7 Å². The summed E-state index contributed by atoms with van der Waals surface area (Å²) in [4.78, 5) is 26.1. The minimum absolute atomic E-state index is 0.358. The Morgan fingerprint density at radius 2 is 2.11 bits per heavy atom. The molecule has 0 aliphatic carbocycles. The molecule has 0 saturated carbocycles. The van der Waals surface area contributed by atoms with Crippen LogP contribution in [-0.2, 0) is 13.8 Å². The third-order valence-electron chi connectivity index (χ3n) is 2.12. The predicted octanol–water partition coefficient (Wildman–Crippen LogP) is -0.173. The molecule has 0 bridgehead atoms. The van der Waals surface area contributed by atoms with Crippen molar-refractivity contribution in [1.82, 2.24) is 20.2 Å². The molecule has 8 nitrogen and oxygen atoms in total. The fourth-order valence-corrected chi connectivity index (χ4v) is 1.73. The van der Waals surface area contributed by atoms with Gasteiger partial charge in [0, 0.05) is 23.9 Å². The molecule has 0 aliphatic heterocycles. The molecule has 0 aromatic carbocycles. The van der Waals surface area contributed by atoms with E-state index in [2.05, 4.69) is 15.6 Å². The van der Waals surface area contributed by atoms with Crippen LogP contribution in [0.3, 0.4) is 0 Å². The Kier molecular flexibility index (Phi) is 4.30. The standard InChI is InChI=1S/C8H11ClN4O4S/c1-5(7(14)12-8(15)10-2)13-3-6(11-4-13)18(9,16)17/h3-5H,1-2H3,(H2,10,12,14,15). The van der Waals surface area contributed by atoms with Crippen LogP contribution in [0.1, 0.15) is 13.0 Å². The van der Waals surface area contributed by atoms with Gasteiger partial charge in [0.2, 0.25) is 0 Å². The molecular formula is C8H11ClN4O4S. The summed E-state index contributed by atoms with van der Waals surface area (Å²) in [7, 11) is 2.52. The smallest absolute Gasteiger partial charge is 0.321 e. The average Bonchev–Trinajstić information content (AvgIpc) is 2.76. The highest BCUT2D eigenvalue weighted by atomic mass is 35.7. The molecule has 0 spiro atoms. The van der Waals surface area contributed by atoms with Gasteiger partial charge in [-0.1, -0.05) is 0 Å². The Morgan fingerprint density at radius 1 is 1.50 bits per heavy atom. The number of rotatable bonds is 3. The second kappa shape index (κ2) is 5.36. The van der Waals surface area contributed by atoms with Gasteiger partial charge in [-0.2, -0.15) is 0 Å². The topological polar surface area (TPSA) is 110 Å². The Morgan fingerprint density at radius 3 is 2.56 bits per heavy atom. The van der Waals surface area contributed by atoms with Crippen LogP contribution in [0.25, 0.3) is 0 Å². The third-order valence-corrected chi connectivity index (χ3v) is 3.30. The Hall–Kier alpha value is -1.61. The van der Waals surface area contributed by atoms with Crippen LogP contribution in [0.4, 0.5) is 4.79 Å². The summed E-state index contributed by atoms with van der Waals surface area (Å²) in [6, 6.07) is -1.46. The Labute approximate surface area is 108 Å². The highest BCUT2D eigenvalue weighted by Gasteiger charge is 2.20.